The Balaban J connectivity index is 1.41. The number of carbonyl (C=O) groups excluding carboxylic acids is 2. The summed E-state index contributed by atoms with van der Waals surface area (Å²) >= 11 is 0. The van der Waals surface area contributed by atoms with Crippen LogP contribution in [0.3, 0.4) is 0 Å². The third-order valence-electron chi connectivity index (χ3n) is 5.78. The number of hydrogen-bond donors (Lipinski definition) is 0. The first kappa shape index (κ1) is 18.8. The van der Waals surface area contributed by atoms with Crippen molar-refractivity contribution in [3.05, 3.63) is 35.2 Å². The maximum Gasteiger partial charge on any atom is 0.253 e. The summed E-state index contributed by atoms with van der Waals surface area (Å²) in [6.45, 7) is 7.66. The molecule has 2 saturated heterocycles. The van der Waals surface area contributed by atoms with E-state index in [4.69, 9.17) is 4.74 Å². The molecule has 2 aliphatic heterocycles. The lowest BCUT2D eigenvalue weighted by Crippen LogP contribution is -2.47. The van der Waals surface area contributed by atoms with E-state index in [1.807, 2.05) is 41.8 Å². The number of morpholine rings is 1. The van der Waals surface area contributed by atoms with Crippen molar-refractivity contribution >= 4 is 22.8 Å². The molecular weight excluding hydrogens is 356 g/mol. The molecule has 3 heterocycles. The molecule has 0 bridgehead atoms. The van der Waals surface area contributed by atoms with Gasteiger partial charge in [0.25, 0.3) is 5.91 Å². The van der Waals surface area contributed by atoms with Crippen LogP contribution in [0.25, 0.3) is 11.0 Å². The molecule has 2 aromatic rings. The van der Waals surface area contributed by atoms with Crippen LogP contribution in [-0.4, -0.2) is 71.0 Å². The van der Waals surface area contributed by atoms with Gasteiger partial charge in [-0.2, -0.15) is 0 Å². The summed E-state index contributed by atoms with van der Waals surface area (Å²) in [6, 6.07) is 5.50. The van der Waals surface area contributed by atoms with E-state index in [1.54, 1.807) is 0 Å². The lowest BCUT2D eigenvalue weighted by Gasteiger charge is -2.35. The molecule has 1 aromatic carbocycles. The van der Waals surface area contributed by atoms with Crippen molar-refractivity contribution in [2.24, 2.45) is 5.92 Å². The summed E-state index contributed by atoms with van der Waals surface area (Å²) < 4.78 is 5.32. The van der Waals surface area contributed by atoms with Crippen LogP contribution in [0.1, 0.15) is 34.6 Å². The van der Waals surface area contributed by atoms with E-state index in [-0.39, 0.29) is 17.7 Å². The van der Waals surface area contributed by atoms with Crippen molar-refractivity contribution in [2.45, 2.75) is 26.7 Å². The quantitative estimate of drug-likeness (QED) is 0.794. The van der Waals surface area contributed by atoms with E-state index in [1.165, 1.54) is 0 Å². The minimum atomic E-state index is -0.000741. The molecule has 7 heteroatoms. The van der Waals surface area contributed by atoms with E-state index < -0.39 is 0 Å². The Hall–Kier alpha value is -2.54. The topological polar surface area (TPSA) is 75.6 Å². The van der Waals surface area contributed by atoms with E-state index in [2.05, 4.69) is 9.97 Å². The summed E-state index contributed by atoms with van der Waals surface area (Å²) in [5.74, 6) is 0.219. The van der Waals surface area contributed by atoms with Gasteiger partial charge in [0.2, 0.25) is 5.91 Å². The number of aryl methyl sites for hydroxylation is 2. The lowest BCUT2D eigenvalue weighted by atomic mass is 9.94. The molecule has 1 aromatic heterocycles. The van der Waals surface area contributed by atoms with Crippen molar-refractivity contribution in [3.8, 4) is 0 Å². The third kappa shape index (κ3) is 3.71. The summed E-state index contributed by atoms with van der Waals surface area (Å²) in [4.78, 5) is 38.4. The number of rotatable bonds is 2. The highest BCUT2D eigenvalue weighted by Gasteiger charge is 2.31. The average molecular weight is 382 g/mol. The summed E-state index contributed by atoms with van der Waals surface area (Å²) in [6.07, 6.45) is 1.43. The van der Waals surface area contributed by atoms with E-state index in [0.717, 1.165) is 22.4 Å². The van der Waals surface area contributed by atoms with Crippen molar-refractivity contribution < 1.29 is 14.3 Å². The highest BCUT2D eigenvalue weighted by molar-refractivity contribution is 5.97. The first-order valence-electron chi connectivity index (χ1n) is 9.94. The highest BCUT2D eigenvalue weighted by Crippen LogP contribution is 2.23. The van der Waals surface area contributed by atoms with Crippen molar-refractivity contribution in [1.82, 2.24) is 19.8 Å². The molecule has 2 amide bonds. The van der Waals surface area contributed by atoms with Gasteiger partial charge in [-0.05, 0) is 44.9 Å². The second-order valence-electron chi connectivity index (χ2n) is 7.60. The van der Waals surface area contributed by atoms with Crippen LogP contribution in [0.2, 0.25) is 0 Å². The Labute approximate surface area is 164 Å². The number of ether oxygens (including phenoxy) is 1. The van der Waals surface area contributed by atoms with Crippen molar-refractivity contribution in [3.63, 3.8) is 0 Å². The zero-order valence-corrected chi connectivity index (χ0v) is 16.5. The van der Waals surface area contributed by atoms with Crippen molar-refractivity contribution in [1.29, 1.82) is 0 Å². The number of amides is 2. The smallest absolute Gasteiger partial charge is 0.253 e. The fourth-order valence-corrected chi connectivity index (χ4v) is 3.92. The van der Waals surface area contributed by atoms with Crippen molar-refractivity contribution in [2.75, 3.05) is 39.4 Å². The Kier molecular flexibility index (Phi) is 5.26. The second kappa shape index (κ2) is 7.83. The number of hydrogen-bond acceptors (Lipinski definition) is 5. The predicted octanol–water partition coefficient (Wildman–Crippen LogP) is 1.96. The van der Waals surface area contributed by atoms with Gasteiger partial charge in [-0.25, -0.2) is 9.97 Å². The van der Waals surface area contributed by atoms with Crippen LogP contribution < -0.4 is 0 Å². The fourth-order valence-electron chi connectivity index (χ4n) is 3.92. The van der Waals surface area contributed by atoms with Crippen LogP contribution >= 0.6 is 0 Å². The normalized spacial score (nSPS) is 18.5. The Morgan fingerprint density at radius 2 is 1.57 bits per heavy atom. The number of fused-ring (bicyclic) bond motifs is 1. The number of nitrogens with zero attached hydrogens (tertiary/aromatic N) is 4. The van der Waals surface area contributed by atoms with Gasteiger partial charge in [0.15, 0.2) is 0 Å². The van der Waals surface area contributed by atoms with Gasteiger partial charge in [0.05, 0.1) is 35.6 Å². The summed E-state index contributed by atoms with van der Waals surface area (Å²) in [7, 11) is 0. The number of benzene rings is 1. The van der Waals surface area contributed by atoms with Gasteiger partial charge in [-0.15, -0.1) is 0 Å². The van der Waals surface area contributed by atoms with Gasteiger partial charge in [-0.1, -0.05) is 0 Å². The molecule has 0 radical (unpaired) electrons. The second-order valence-corrected chi connectivity index (χ2v) is 7.60. The number of piperidine rings is 1. The van der Waals surface area contributed by atoms with Gasteiger partial charge >= 0.3 is 0 Å². The number of carbonyl (C=O) groups is 2. The molecule has 0 N–H and O–H groups in total. The molecule has 2 aliphatic rings. The summed E-state index contributed by atoms with van der Waals surface area (Å²) in [5, 5.41) is 0. The number of likely N-dealkylation sites (tertiary alicyclic amines) is 1. The minimum Gasteiger partial charge on any atom is -0.378 e. The first-order chi connectivity index (χ1) is 13.5. The van der Waals surface area contributed by atoms with Gasteiger partial charge in [-0.3, -0.25) is 9.59 Å². The molecule has 0 spiro atoms. The molecule has 0 atom stereocenters. The van der Waals surface area contributed by atoms with E-state index >= 15 is 0 Å². The molecule has 4 rings (SSSR count). The average Bonchev–Trinajstić information content (AvgIpc) is 2.74. The van der Waals surface area contributed by atoms with Gasteiger partial charge in [0.1, 0.15) is 0 Å². The Bertz CT molecular complexity index is 900. The fraction of sp³-hybridized carbons (Fsp3) is 0.524. The molecule has 7 nitrogen and oxygen atoms in total. The molecule has 28 heavy (non-hydrogen) atoms. The SMILES string of the molecule is Cc1nc2ccc(C(=O)N3CCC(C(=O)N4CCOCC4)CC3)cc2nc1C. The van der Waals surface area contributed by atoms with Gasteiger partial charge < -0.3 is 14.5 Å². The molecule has 148 valence electrons. The predicted molar refractivity (Wildman–Crippen MR) is 105 cm³/mol. The van der Waals surface area contributed by atoms with Crippen LogP contribution in [-0.2, 0) is 9.53 Å². The van der Waals surface area contributed by atoms with E-state index in [9.17, 15) is 9.59 Å². The van der Waals surface area contributed by atoms with Crippen LogP contribution in [0.4, 0.5) is 0 Å². The van der Waals surface area contributed by atoms with E-state index in [0.29, 0.717) is 57.8 Å². The Morgan fingerprint density at radius 3 is 2.25 bits per heavy atom. The Morgan fingerprint density at radius 1 is 0.929 bits per heavy atom. The number of aromatic nitrogens is 2. The molecule has 0 saturated carbocycles. The molecular formula is C21H26N4O3. The van der Waals surface area contributed by atoms with Crippen LogP contribution in [0.15, 0.2) is 18.2 Å². The monoisotopic (exact) mass is 382 g/mol. The standard InChI is InChI=1S/C21H26N4O3/c1-14-15(2)23-19-13-17(3-4-18(19)22-14)21(27)24-7-5-16(6-8-24)20(26)25-9-11-28-12-10-25/h3-4,13,16H,5-12H2,1-2H3. The molecule has 0 unspecified atom stereocenters. The van der Waals surface area contributed by atoms with Crippen LogP contribution in [0, 0.1) is 19.8 Å². The maximum atomic E-state index is 12.9. The molecule has 2 fully saturated rings. The lowest BCUT2D eigenvalue weighted by molar-refractivity contribution is -0.141. The maximum absolute atomic E-state index is 12.9. The largest absolute Gasteiger partial charge is 0.378 e. The van der Waals surface area contributed by atoms with Crippen LogP contribution in [0.5, 0.6) is 0 Å². The zero-order valence-electron chi connectivity index (χ0n) is 16.5. The minimum absolute atomic E-state index is 0.000741. The first-order valence-corrected chi connectivity index (χ1v) is 9.94. The zero-order chi connectivity index (χ0) is 19.7. The highest BCUT2D eigenvalue weighted by atomic mass is 16.5. The van der Waals surface area contributed by atoms with Gasteiger partial charge in [0, 0.05) is 37.7 Å². The summed E-state index contributed by atoms with van der Waals surface area (Å²) in [5.41, 5.74) is 3.95. The third-order valence-corrected chi connectivity index (χ3v) is 5.78. The molecule has 0 aliphatic carbocycles.